The van der Waals surface area contributed by atoms with Gasteiger partial charge in [0.2, 0.25) is 12.2 Å². The topological polar surface area (TPSA) is 219 Å². The number of fused-ring (bicyclic) bond motifs is 1. The van der Waals surface area contributed by atoms with Crippen LogP contribution in [0.4, 0.5) is 11.8 Å². The van der Waals surface area contributed by atoms with E-state index < -0.39 is 43.5 Å². The predicted molar refractivity (Wildman–Crippen MR) is 135 cm³/mol. The number of anilines is 2. The molecule has 1 aromatic carbocycles. The van der Waals surface area contributed by atoms with Crippen molar-refractivity contribution in [2.45, 2.75) is 50.5 Å². The van der Waals surface area contributed by atoms with Gasteiger partial charge < -0.3 is 35.7 Å². The standard InChI is InChI=1S/C21H27ClN7O8P/c1-20(2,18(31)34-4)28-38(33,36-11-7-5-10(22)6-8-11)37-16-13(30)21(3,32)17(35-16)29-9-25-12-14(23)26-19(24)27-15(12)29/h5-9,13,16-17,30,32H,1-4H3,(H,28,33)(H4,23,24,26,27)/t13?,16?,17-,21-,38?/m1/s1. The summed E-state index contributed by atoms with van der Waals surface area (Å²) in [6.45, 7) is 4.04. The second kappa shape index (κ2) is 9.93. The lowest BCUT2D eigenvalue weighted by Gasteiger charge is -2.30. The minimum atomic E-state index is -4.54. The molecule has 1 aliphatic heterocycles. The average Bonchev–Trinajstić information content (AvgIpc) is 3.33. The molecule has 0 radical (unpaired) electrons. The van der Waals surface area contributed by atoms with Crippen molar-refractivity contribution in [2.24, 2.45) is 0 Å². The van der Waals surface area contributed by atoms with E-state index in [0.717, 1.165) is 7.11 Å². The van der Waals surface area contributed by atoms with Crippen molar-refractivity contribution in [1.82, 2.24) is 24.6 Å². The van der Waals surface area contributed by atoms with E-state index >= 15 is 0 Å². The Bertz CT molecular complexity index is 1400. The first-order valence-corrected chi connectivity index (χ1v) is 13.0. The van der Waals surface area contributed by atoms with E-state index in [9.17, 15) is 19.6 Å². The highest BCUT2D eigenvalue weighted by Gasteiger charge is 2.57. The van der Waals surface area contributed by atoms with E-state index in [-0.39, 0.29) is 28.7 Å². The van der Waals surface area contributed by atoms with Gasteiger partial charge in [0.1, 0.15) is 28.5 Å². The van der Waals surface area contributed by atoms with Crippen LogP contribution in [0.3, 0.4) is 0 Å². The Hall–Kier alpha value is -3.04. The van der Waals surface area contributed by atoms with E-state index in [1.807, 2.05) is 0 Å². The van der Waals surface area contributed by atoms with Gasteiger partial charge in [0.25, 0.3) is 0 Å². The monoisotopic (exact) mass is 571 g/mol. The van der Waals surface area contributed by atoms with Crippen LogP contribution in [-0.2, 0) is 23.4 Å². The van der Waals surface area contributed by atoms with E-state index in [4.69, 9.17) is 41.6 Å². The summed E-state index contributed by atoms with van der Waals surface area (Å²) in [6.07, 6.45) is -3.61. The van der Waals surface area contributed by atoms with Crippen LogP contribution < -0.4 is 21.1 Å². The van der Waals surface area contributed by atoms with Gasteiger partial charge in [-0.25, -0.2) is 9.55 Å². The Balaban J connectivity index is 1.68. The van der Waals surface area contributed by atoms with Crippen LogP contribution in [0, 0.1) is 0 Å². The molecule has 3 heterocycles. The van der Waals surface area contributed by atoms with Crippen LogP contribution in [0.2, 0.25) is 5.02 Å². The molecule has 0 bridgehead atoms. The molecule has 206 valence electrons. The van der Waals surface area contributed by atoms with Crippen LogP contribution in [0.1, 0.15) is 27.0 Å². The molecule has 38 heavy (non-hydrogen) atoms. The number of ether oxygens (including phenoxy) is 2. The molecule has 1 fully saturated rings. The summed E-state index contributed by atoms with van der Waals surface area (Å²) < 4.78 is 37.0. The fourth-order valence-corrected chi connectivity index (χ4v) is 5.68. The SMILES string of the molecule is COC(=O)C(C)(C)NP(=O)(Oc1ccc(Cl)cc1)OC1O[C@@H](n2cnc3c(N)nc(N)nc32)[C@](C)(O)C1O. The minimum Gasteiger partial charge on any atom is -0.468 e. The number of esters is 1. The summed E-state index contributed by atoms with van der Waals surface area (Å²) >= 11 is 5.92. The first-order valence-electron chi connectivity index (χ1n) is 11.1. The Labute approximate surface area is 221 Å². The number of nitrogens with one attached hydrogen (secondary N) is 1. The maximum Gasteiger partial charge on any atom is 0.462 e. The summed E-state index contributed by atoms with van der Waals surface area (Å²) in [5.41, 5.74) is 8.25. The fourth-order valence-electron chi connectivity index (χ4n) is 3.80. The van der Waals surface area contributed by atoms with Gasteiger partial charge in [0.15, 0.2) is 17.7 Å². The molecule has 0 spiro atoms. The van der Waals surface area contributed by atoms with Crippen molar-refractivity contribution >= 4 is 48.2 Å². The number of benzene rings is 1. The van der Waals surface area contributed by atoms with Crippen molar-refractivity contribution in [3.63, 3.8) is 0 Å². The van der Waals surface area contributed by atoms with E-state index in [2.05, 4.69) is 20.0 Å². The van der Waals surface area contributed by atoms with Crippen molar-refractivity contribution in [3.8, 4) is 5.75 Å². The van der Waals surface area contributed by atoms with Crippen molar-refractivity contribution < 1.29 is 38.1 Å². The average molecular weight is 572 g/mol. The van der Waals surface area contributed by atoms with E-state index in [1.54, 1.807) is 0 Å². The number of halogens is 1. The number of aliphatic hydroxyl groups excluding tert-OH is 1. The van der Waals surface area contributed by atoms with Gasteiger partial charge in [-0.05, 0) is 45.0 Å². The van der Waals surface area contributed by atoms with Crippen molar-refractivity contribution in [1.29, 1.82) is 0 Å². The third kappa shape index (κ3) is 5.27. The number of nitrogens with two attached hydrogens (primary N) is 2. The van der Waals surface area contributed by atoms with Crippen LogP contribution in [0.25, 0.3) is 11.2 Å². The summed E-state index contributed by atoms with van der Waals surface area (Å²) in [5, 5.41) is 25.0. The van der Waals surface area contributed by atoms with Crippen LogP contribution >= 0.6 is 19.3 Å². The number of aliphatic hydroxyl groups is 2. The number of aromatic nitrogens is 4. The lowest BCUT2D eigenvalue weighted by Crippen LogP contribution is -2.48. The molecule has 2 aromatic heterocycles. The number of carbonyl (C=O) groups is 1. The molecule has 3 aromatic rings. The van der Waals surface area contributed by atoms with Crippen molar-refractivity contribution in [2.75, 3.05) is 18.6 Å². The maximum absolute atomic E-state index is 14.0. The lowest BCUT2D eigenvalue weighted by atomic mass is 9.99. The molecule has 4 rings (SSSR count). The molecular formula is C21H27ClN7O8P. The molecule has 0 saturated carbocycles. The number of imidazole rings is 1. The zero-order chi connectivity index (χ0) is 28.0. The third-order valence-corrected chi connectivity index (χ3v) is 7.75. The molecule has 5 atom stereocenters. The molecular weight excluding hydrogens is 545 g/mol. The molecule has 1 aliphatic rings. The quantitative estimate of drug-likeness (QED) is 0.190. The number of nitrogen functional groups attached to an aromatic ring is 2. The molecule has 0 amide bonds. The van der Waals surface area contributed by atoms with E-state index in [0.29, 0.717) is 5.02 Å². The summed E-state index contributed by atoms with van der Waals surface area (Å²) in [5.74, 6) is -0.881. The number of carbonyl (C=O) groups excluding carboxylic acids is 1. The highest BCUT2D eigenvalue weighted by molar-refractivity contribution is 7.52. The summed E-state index contributed by atoms with van der Waals surface area (Å²) in [6, 6.07) is 5.81. The number of hydrogen-bond acceptors (Lipinski definition) is 13. The number of hydrogen-bond donors (Lipinski definition) is 5. The third-order valence-electron chi connectivity index (χ3n) is 5.73. The van der Waals surface area contributed by atoms with Gasteiger partial charge in [0, 0.05) is 5.02 Å². The highest BCUT2D eigenvalue weighted by Crippen LogP contribution is 2.52. The number of rotatable bonds is 8. The Morgan fingerprint density at radius 2 is 1.95 bits per heavy atom. The maximum atomic E-state index is 14.0. The lowest BCUT2D eigenvalue weighted by molar-refractivity contribution is -0.147. The Morgan fingerprint density at radius 1 is 1.29 bits per heavy atom. The van der Waals surface area contributed by atoms with Gasteiger partial charge >= 0.3 is 13.7 Å². The summed E-state index contributed by atoms with van der Waals surface area (Å²) in [7, 11) is -3.38. The second-order valence-corrected chi connectivity index (χ2v) is 11.2. The molecule has 7 N–H and O–H groups in total. The van der Waals surface area contributed by atoms with E-state index in [1.165, 1.54) is 55.9 Å². The highest BCUT2D eigenvalue weighted by atomic mass is 35.5. The second-order valence-electron chi connectivity index (χ2n) is 9.20. The normalized spacial score (nSPS) is 25.3. The Kier molecular flexibility index (Phi) is 7.31. The van der Waals surface area contributed by atoms with Crippen LogP contribution in [-0.4, -0.2) is 66.3 Å². The van der Waals surface area contributed by atoms with Gasteiger partial charge in [-0.3, -0.25) is 13.9 Å². The predicted octanol–water partition coefficient (Wildman–Crippen LogP) is 1.36. The van der Waals surface area contributed by atoms with Crippen LogP contribution in [0.15, 0.2) is 30.6 Å². The first kappa shape index (κ1) is 28.0. The molecule has 0 aliphatic carbocycles. The van der Waals surface area contributed by atoms with Crippen LogP contribution in [0.5, 0.6) is 5.75 Å². The van der Waals surface area contributed by atoms with Crippen molar-refractivity contribution in [3.05, 3.63) is 35.6 Å². The first-order chi connectivity index (χ1) is 17.7. The smallest absolute Gasteiger partial charge is 0.462 e. The van der Waals surface area contributed by atoms with Gasteiger partial charge in [0.05, 0.1) is 13.4 Å². The molecule has 17 heteroatoms. The fraction of sp³-hybridized carbons (Fsp3) is 0.429. The number of nitrogens with zero attached hydrogens (tertiary/aromatic N) is 4. The van der Waals surface area contributed by atoms with Gasteiger partial charge in [-0.15, -0.1) is 0 Å². The zero-order valence-electron chi connectivity index (χ0n) is 20.7. The molecule has 3 unspecified atom stereocenters. The number of methoxy groups -OCH3 is 1. The molecule has 1 saturated heterocycles. The largest absolute Gasteiger partial charge is 0.468 e. The van der Waals surface area contributed by atoms with Gasteiger partial charge in [-0.2, -0.15) is 15.1 Å². The zero-order valence-corrected chi connectivity index (χ0v) is 22.4. The minimum absolute atomic E-state index is 0.00709. The summed E-state index contributed by atoms with van der Waals surface area (Å²) in [4.78, 5) is 24.4. The van der Waals surface area contributed by atoms with Gasteiger partial charge in [-0.1, -0.05) is 11.6 Å². The molecule has 15 nitrogen and oxygen atoms in total. The Morgan fingerprint density at radius 3 is 2.58 bits per heavy atom.